The SMILES string of the molecule is CNC(C)COCCCC(F)(F)F. The third-order valence-electron chi connectivity index (χ3n) is 1.61. The Bertz CT molecular complexity index is 127. The van der Waals surface area contributed by atoms with E-state index >= 15 is 0 Å². The van der Waals surface area contributed by atoms with Gasteiger partial charge in [0.05, 0.1) is 6.61 Å². The van der Waals surface area contributed by atoms with Gasteiger partial charge in [0.2, 0.25) is 0 Å². The molecule has 0 saturated heterocycles. The van der Waals surface area contributed by atoms with Gasteiger partial charge in [0, 0.05) is 19.1 Å². The molecule has 80 valence electrons. The molecule has 0 bridgehead atoms. The lowest BCUT2D eigenvalue weighted by atomic mass is 10.3. The molecule has 0 aromatic carbocycles. The van der Waals surface area contributed by atoms with E-state index in [0.29, 0.717) is 6.61 Å². The van der Waals surface area contributed by atoms with Gasteiger partial charge in [-0.2, -0.15) is 13.2 Å². The van der Waals surface area contributed by atoms with E-state index in [1.807, 2.05) is 6.92 Å². The summed E-state index contributed by atoms with van der Waals surface area (Å²) in [6, 6.07) is 0.186. The van der Waals surface area contributed by atoms with E-state index in [4.69, 9.17) is 4.74 Å². The molecule has 0 aromatic rings. The summed E-state index contributed by atoms with van der Waals surface area (Å²) in [5, 5.41) is 2.92. The molecule has 0 aliphatic heterocycles. The molecule has 0 fully saturated rings. The van der Waals surface area contributed by atoms with E-state index in [0.717, 1.165) is 0 Å². The highest BCUT2D eigenvalue weighted by Gasteiger charge is 2.25. The third-order valence-corrected chi connectivity index (χ3v) is 1.61. The molecule has 2 nitrogen and oxygen atoms in total. The Morgan fingerprint density at radius 2 is 2.00 bits per heavy atom. The van der Waals surface area contributed by atoms with Gasteiger partial charge in [0.25, 0.3) is 0 Å². The Morgan fingerprint density at radius 3 is 2.46 bits per heavy atom. The minimum atomic E-state index is -4.06. The fraction of sp³-hybridized carbons (Fsp3) is 1.00. The maximum absolute atomic E-state index is 11.6. The van der Waals surface area contributed by atoms with E-state index in [9.17, 15) is 13.2 Å². The second kappa shape index (κ2) is 6.21. The molecular weight excluding hydrogens is 183 g/mol. The molecule has 0 aliphatic rings. The monoisotopic (exact) mass is 199 g/mol. The van der Waals surface area contributed by atoms with Crippen molar-refractivity contribution in [3.8, 4) is 0 Å². The Labute approximate surface area is 76.5 Å². The first-order chi connectivity index (χ1) is 5.95. The van der Waals surface area contributed by atoms with Crippen LogP contribution in [0.1, 0.15) is 19.8 Å². The minimum Gasteiger partial charge on any atom is -0.380 e. The summed E-state index contributed by atoms with van der Waals surface area (Å²) in [5.41, 5.74) is 0. The smallest absolute Gasteiger partial charge is 0.380 e. The van der Waals surface area contributed by atoms with Gasteiger partial charge in [0.15, 0.2) is 0 Å². The summed E-state index contributed by atoms with van der Waals surface area (Å²) in [4.78, 5) is 0. The quantitative estimate of drug-likeness (QED) is 0.660. The normalized spacial score (nSPS) is 14.5. The average Bonchev–Trinajstić information content (AvgIpc) is 2.01. The predicted octanol–water partition coefficient (Wildman–Crippen LogP) is 1.95. The van der Waals surface area contributed by atoms with E-state index in [1.165, 1.54) is 0 Å². The number of likely N-dealkylation sites (N-methyl/N-ethyl adjacent to an activating group) is 1. The molecule has 0 radical (unpaired) electrons. The van der Waals surface area contributed by atoms with Gasteiger partial charge in [-0.3, -0.25) is 0 Å². The lowest BCUT2D eigenvalue weighted by Gasteiger charge is -2.11. The van der Waals surface area contributed by atoms with Crippen molar-refractivity contribution in [3.05, 3.63) is 0 Å². The maximum atomic E-state index is 11.6. The highest BCUT2D eigenvalue weighted by atomic mass is 19.4. The van der Waals surface area contributed by atoms with Crippen LogP contribution in [0.3, 0.4) is 0 Å². The van der Waals surface area contributed by atoms with Crippen molar-refractivity contribution < 1.29 is 17.9 Å². The van der Waals surface area contributed by atoms with Crippen LogP contribution < -0.4 is 5.32 Å². The van der Waals surface area contributed by atoms with Crippen molar-refractivity contribution in [2.24, 2.45) is 0 Å². The number of nitrogens with one attached hydrogen (secondary N) is 1. The van der Waals surface area contributed by atoms with Crippen molar-refractivity contribution in [3.63, 3.8) is 0 Å². The van der Waals surface area contributed by atoms with Crippen molar-refractivity contribution in [2.75, 3.05) is 20.3 Å². The largest absolute Gasteiger partial charge is 0.389 e. The van der Waals surface area contributed by atoms with E-state index in [2.05, 4.69) is 5.32 Å². The number of ether oxygens (including phenoxy) is 1. The van der Waals surface area contributed by atoms with Crippen LogP contribution in [-0.4, -0.2) is 32.5 Å². The van der Waals surface area contributed by atoms with Crippen LogP contribution in [0.2, 0.25) is 0 Å². The summed E-state index contributed by atoms with van der Waals surface area (Å²) in [6.45, 7) is 2.53. The van der Waals surface area contributed by atoms with Crippen LogP contribution in [0.4, 0.5) is 13.2 Å². The Hall–Kier alpha value is -0.290. The molecular formula is C8H16F3NO. The predicted molar refractivity (Wildman–Crippen MR) is 44.6 cm³/mol. The zero-order chi connectivity index (χ0) is 10.3. The molecule has 1 N–H and O–H groups in total. The van der Waals surface area contributed by atoms with Crippen LogP contribution >= 0.6 is 0 Å². The molecule has 1 atom stereocenters. The van der Waals surface area contributed by atoms with Crippen LogP contribution in [0.15, 0.2) is 0 Å². The molecule has 0 heterocycles. The van der Waals surface area contributed by atoms with Crippen LogP contribution in [0.5, 0.6) is 0 Å². The van der Waals surface area contributed by atoms with Crippen LogP contribution in [0.25, 0.3) is 0 Å². The fourth-order valence-electron chi connectivity index (χ4n) is 0.718. The molecule has 0 aromatic heterocycles. The first-order valence-electron chi connectivity index (χ1n) is 4.27. The van der Waals surface area contributed by atoms with Gasteiger partial charge < -0.3 is 10.1 Å². The lowest BCUT2D eigenvalue weighted by Crippen LogP contribution is -2.27. The molecule has 0 spiro atoms. The number of alkyl halides is 3. The van der Waals surface area contributed by atoms with Crippen LogP contribution in [-0.2, 0) is 4.74 Å². The van der Waals surface area contributed by atoms with Crippen molar-refractivity contribution in [2.45, 2.75) is 32.0 Å². The molecule has 0 aliphatic carbocycles. The number of hydrogen-bond donors (Lipinski definition) is 1. The number of rotatable bonds is 6. The maximum Gasteiger partial charge on any atom is 0.389 e. The molecule has 1 unspecified atom stereocenters. The van der Waals surface area contributed by atoms with Gasteiger partial charge in [-0.05, 0) is 20.4 Å². The highest BCUT2D eigenvalue weighted by molar-refractivity contribution is 4.54. The summed E-state index contributed by atoms with van der Waals surface area (Å²) in [7, 11) is 1.78. The standard InChI is InChI=1S/C8H16F3NO/c1-7(12-2)6-13-5-3-4-8(9,10)11/h7,12H,3-6H2,1-2H3. The fourth-order valence-corrected chi connectivity index (χ4v) is 0.718. The molecule has 0 rings (SSSR count). The van der Waals surface area contributed by atoms with Crippen molar-refractivity contribution in [1.82, 2.24) is 5.32 Å². The summed E-state index contributed by atoms with van der Waals surface area (Å²) >= 11 is 0. The topological polar surface area (TPSA) is 21.3 Å². The zero-order valence-corrected chi connectivity index (χ0v) is 7.95. The average molecular weight is 199 g/mol. The first kappa shape index (κ1) is 12.7. The number of halogens is 3. The second-order valence-electron chi connectivity index (χ2n) is 2.98. The van der Waals surface area contributed by atoms with E-state index in [1.54, 1.807) is 7.05 Å². The molecule has 5 heteroatoms. The Balaban J connectivity index is 3.18. The number of hydrogen-bond acceptors (Lipinski definition) is 2. The van der Waals surface area contributed by atoms with Crippen LogP contribution in [0, 0.1) is 0 Å². The summed E-state index contributed by atoms with van der Waals surface area (Å²) in [6.07, 6.45) is -4.78. The summed E-state index contributed by atoms with van der Waals surface area (Å²) < 4.78 is 39.9. The third kappa shape index (κ3) is 9.63. The molecule has 13 heavy (non-hydrogen) atoms. The van der Waals surface area contributed by atoms with Gasteiger partial charge in [-0.15, -0.1) is 0 Å². The summed E-state index contributed by atoms with van der Waals surface area (Å²) in [5.74, 6) is 0. The lowest BCUT2D eigenvalue weighted by molar-refractivity contribution is -0.137. The molecule has 0 saturated carbocycles. The first-order valence-corrected chi connectivity index (χ1v) is 4.27. The van der Waals surface area contributed by atoms with Gasteiger partial charge in [0.1, 0.15) is 0 Å². The Kier molecular flexibility index (Phi) is 6.07. The van der Waals surface area contributed by atoms with E-state index < -0.39 is 12.6 Å². The molecule has 0 amide bonds. The van der Waals surface area contributed by atoms with Gasteiger partial charge in [-0.1, -0.05) is 0 Å². The van der Waals surface area contributed by atoms with Gasteiger partial charge in [-0.25, -0.2) is 0 Å². The zero-order valence-electron chi connectivity index (χ0n) is 7.95. The van der Waals surface area contributed by atoms with Crippen molar-refractivity contribution in [1.29, 1.82) is 0 Å². The van der Waals surface area contributed by atoms with Gasteiger partial charge >= 0.3 is 6.18 Å². The Morgan fingerprint density at radius 1 is 1.38 bits per heavy atom. The second-order valence-corrected chi connectivity index (χ2v) is 2.98. The van der Waals surface area contributed by atoms with E-state index in [-0.39, 0.29) is 19.1 Å². The highest BCUT2D eigenvalue weighted by Crippen LogP contribution is 2.20. The van der Waals surface area contributed by atoms with Crippen molar-refractivity contribution >= 4 is 0 Å². The minimum absolute atomic E-state index is 0.0416.